The van der Waals surface area contributed by atoms with Crippen molar-refractivity contribution in [3.8, 4) is 11.8 Å². The molecule has 0 radical (unpaired) electrons. The Morgan fingerprint density at radius 2 is 2.30 bits per heavy atom. The van der Waals surface area contributed by atoms with Gasteiger partial charge in [0.2, 0.25) is 0 Å². The number of fused-ring (bicyclic) bond motifs is 1. The monoisotopic (exact) mass is 281 g/mol. The maximum Gasteiger partial charge on any atom is 0.305 e. The number of aliphatic hydroxyl groups excluding tert-OH is 2. The number of nitrogens with one attached hydrogen (secondary N) is 1. The number of hydrogen-bond donors (Lipinski definition) is 4. The van der Waals surface area contributed by atoms with E-state index in [0.717, 1.165) is 17.7 Å². The van der Waals surface area contributed by atoms with Crippen molar-refractivity contribution in [1.82, 2.24) is 5.48 Å². The largest absolute Gasteiger partial charge is 0.481 e. The predicted octanol–water partition coefficient (Wildman–Crippen LogP) is 0.0213. The highest BCUT2D eigenvalue weighted by Gasteiger charge is 2.45. The molecule has 2 aliphatic carbocycles. The van der Waals surface area contributed by atoms with Crippen LogP contribution in [0.15, 0.2) is 11.3 Å². The second-order valence-corrected chi connectivity index (χ2v) is 5.17. The molecule has 110 valence electrons. The third kappa shape index (κ3) is 3.31. The van der Waals surface area contributed by atoms with E-state index in [2.05, 4.69) is 17.3 Å². The topological polar surface area (TPSA) is 99.0 Å². The van der Waals surface area contributed by atoms with Crippen LogP contribution in [0.4, 0.5) is 0 Å². The molecule has 0 aromatic heterocycles. The maximum absolute atomic E-state index is 10.3. The molecule has 0 amide bonds. The van der Waals surface area contributed by atoms with Gasteiger partial charge in [-0.3, -0.25) is 15.1 Å². The Bertz CT molecular complexity index is 474. The molecule has 2 aliphatic rings. The van der Waals surface area contributed by atoms with Gasteiger partial charge in [-0.1, -0.05) is 11.8 Å². The Kier molecular flexibility index (Phi) is 4.65. The Morgan fingerprint density at radius 1 is 1.55 bits per heavy atom. The summed E-state index contributed by atoms with van der Waals surface area (Å²) in [5.41, 5.74) is 4.77. The minimum absolute atomic E-state index is 0.0514. The number of rotatable bonds is 5. The molecule has 2 rings (SSSR count). The summed E-state index contributed by atoms with van der Waals surface area (Å²) in [6.07, 6.45) is 0.0313. The van der Waals surface area contributed by atoms with Crippen LogP contribution in [0.3, 0.4) is 0 Å². The Labute approximate surface area is 117 Å². The number of hydrogen-bond acceptors (Lipinski definition) is 5. The molecule has 0 aromatic carbocycles. The number of aliphatic carboxylic acids is 1. The lowest BCUT2D eigenvalue weighted by Gasteiger charge is -2.30. The highest BCUT2D eigenvalue weighted by molar-refractivity contribution is 5.66. The highest BCUT2D eigenvalue weighted by Crippen LogP contribution is 2.48. The van der Waals surface area contributed by atoms with Gasteiger partial charge in [0, 0.05) is 11.6 Å². The Morgan fingerprint density at radius 3 is 2.95 bits per heavy atom. The first-order chi connectivity index (χ1) is 9.49. The van der Waals surface area contributed by atoms with Gasteiger partial charge in [-0.2, -0.15) is 0 Å². The van der Waals surface area contributed by atoms with Crippen LogP contribution in [-0.2, 0) is 9.63 Å². The first-order valence-corrected chi connectivity index (χ1v) is 6.67. The number of carboxylic acids is 1. The molecule has 6 nitrogen and oxygen atoms in total. The van der Waals surface area contributed by atoms with Gasteiger partial charge < -0.3 is 15.3 Å². The van der Waals surface area contributed by atoms with Crippen LogP contribution in [0.1, 0.15) is 26.2 Å². The molecule has 0 aliphatic heterocycles. The van der Waals surface area contributed by atoms with Crippen LogP contribution < -0.4 is 5.48 Å². The zero-order valence-electron chi connectivity index (χ0n) is 11.3. The Hall–Kier alpha value is -1.55. The zero-order chi connectivity index (χ0) is 14.7. The molecule has 6 heteroatoms. The lowest BCUT2D eigenvalue weighted by Crippen LogP contribution is -2.30. The van der Waals surface area contributed by atoms with Crippen LogP contribution >= 0.6 is 0 Å². The minimum Gasteiger partial charge on any atom is -0.481 e. The number of hydroxylamine groups is 1. The molecule has 4 unspecified atom stereocenters. The molecular weight excluding hydrogens is 262 g/mol. The van der Waals surface area contributed by atoms with Crippen LogP contribution in [-0.4, -0.2) is 40.1 Å². The van der Waals surface area contributed by atoms with Crippen LogP contribution in [0.25, 0.3) is 0 Å². The van der Waals surface area contributed by atoms with Crippen molar-refractivity contribution < 1.29 is 25.0 Å². The van der Waals surface area contributed by atoms with Crippen molar-refractivity contribution in [2.24, 2.45) is 11.8 Å². The van der Waals surface area contributed by atoms with Crippen LogP contribution in [0.2, 0.25) is 0 Å². The average Bonchev–Trinajstić information content (AvgIpc) is 2.59. The van der Waals surface area contributed by atoms with E-state index in [4.69, 9.17) is 15.1 Å². The standard InChI is InChI=1S/C14H19NO5/c1-8(16)2-3-9-10-6-12(11(10)7-13(9)17)15-20-5-4-14(18)19/h8-10,13,15-17H,4-7H2,1H3,(H,18,19). The zero-order valence-corrected chi connectivity index (χ0v) is 11.3. The summed E-state index contributed by atoms with van der Waals surface area (Å²) >= 11 is 0. The fraction of sp³-hybridized carbons (Fsp3) is 0.643. The fourth-order valence-corrected chi connectivity index (χ4v) is 2.60. The van der Waals surface area contributed by atoms with Crippen molar-refractivity contribution in [3.05, 3.63) is 11.3 Å². The lowest BCUT2D eigenvalue weighted by molar-refractivity contribution is -0.138. The summed E-state index contributed by atoms with van der Waals surface area (Å²) in [6, 6.07) is 0. The molecule has 4 atom stereocenters. The van der Waals surface area contributed by atoms with Crippen molar-refractivity contribution >= 4 is 5.97 Å². The normalized spacial score (nSPS) is 29.1. The third-order valence-electron chi connectivity index (χ3n) is 3.61. The molecule has 1 saturated carbocycles. The SMILES string of the molecule is CC(O)C#CC1C(O)CC2=C(NOCCC(=O)O)CC21. The fourth-order valence-electron chi connectivity index (χ4n) is 2.60. The smallest absolute Gasteiger partial charge is 0.305 e. The van der Waals surface area contributed by atoms with Gasteiger partial charge in [0.25, 0.3) is 0 Å². The summed E-state index contributed by atoms with van der Waals surface area (Å²) < 4.78 is 0. The number of allylic oxidation sites excluding steroid dienone is 1. The first-order valence-electron chi connectivity index (χ1n) is 6.67. The summed E-state index contributed by atoms with van der Waals surface area (Å²) in [5.74, 6) is 4.80. The molecule has 0 aromatic rings. The van der Waals surface area contributed by atoms with Gasteiger partial charge in [-0.25, -0.2) is 0 Å². The van der Waals surface area contributed by atoms with E-state index in [-0.39, 0.29) is 24.9 Å². The van der Waals surface area contributed by atoms with Crippen molar-refractivity contribution in [2.45, 2.75) is 38.4 Å². The van der Waals surface area contributed by atoms with E-state index in [1.54, 1.807) is 6.92 Å². The van der Waals surface area contributed by atoms with E-state index >= 15 is 0 Å². The van der Waals surface area contributed by atoms with Crippen molar-refractivity contribution in [2.75, 3.05) is 6.61 Å². The highest BCUT2D eigenvalue weighted by atomic mass is 16.6. The summed E-state index contributed by atoms with van der Waals surface area (Å²) in [5, 5.41) is 27.6. The molecule has 0 bridgehead atoms. The number of carboxylic acid groups (broad SMARTS) is 1. The third-order valence-corrected chi connectivity index (χ3v) is 3.61. The van der Waals surface area contributed by atoms with E-state index in [9.17, 15) is 9.90 Å². The van der Waals surface area contributed by atoms with E-state index < -0.39 is 18.2 Å². The first kappa shape index (κ1) is 14.9. The van der Waals surface area contributed by atoms with Crippen LogP contribution in [0.5, 0.6) is 0 Å². The van der Waals surface area contributed by atoms with Gasteiger partial charge in [0.05, 0.1) is 25.0 Å². The molecule has 0 heterocycles. The second-order valence-electron chi connectivity index (χ2n) is 5.17. The van der Waals surface area contributed by atoms with Gasteiger partial charge in [0.15, 0.2) is 0 Å². The summed E-state index contributed by atoms with van der Waals surface area (Å²) in [4.78, 5) is 15.4. The van der Waals surface area contributed by atoms with Gasteiger partial charge >= 0.3 is 5.97 Å². The van der Waals surface area contributed by atoms with E-state index in [0.29, 0.717) is 6.42 Å². The predicted molar refractivity (Wildman–Crippen MR) is 70.0 cm³/mol. The van der Waals surface area contributed by atoms with E-state index in [1.807, 2.05) is 0 Å². The molecule has 1 fully saturated rings. The Balaban J connectivity index is 1.87. The molecule has 0 saturated heterocycles. The molecular formula is C14H19NO5. The number of carbonyl (C=O) groups is 1. The van der Waals surface area contributed by atoms with Gasteiger partial charge in [0.1, 0.15) is 6.10 Å². The van der Waals surface area contributed by atoms with E-state index in [1.165, 1.54) is 0 Å². The molecule has 20 heavy (non-hydrogen) atoms. The van der Waals surface area contributed by atoms with Gasteiger partial charge in [-0.15, -0.1) is 0 Å². The minimum atomic E-state index is -0.902. The summed E-state index contributed by atoms with van der Waals surface area (Å²) in [6.45, 7) is 1.69. The van der Waals surface area contributed by atoms with Crippen molar-refractivity contribution in [1.29, 1.82) is 0 Å². The van der Waals surface area contributed by atoms with Gasteiger partial charge in [-0.05, 0) is 25.3 Å². The summed E-state index contributed by atoms with van der Waals surface area (Å²) in [7, 11) is 0. The van der Waals surface area contributed by atoms with Crippen molar-refractivity contribution in [3.63, 3.8) is 0 Å². The lowest BCUT2D eigenvalue weighted by atomic mass is 9.79. The maximum atomic E-state index is 10.3. The number of aliphatic hydroxyl groups is 2. The quantitative estimate of drug-likeness (QED) is 0.322. The average molecular weight is 281 g/mol. The van der Waals surface area contributed by atoms with Crippen LogP contribution in [0, 0.1) is 23.7 Å². The molecule has 0 spiro atoms. The second kappa shape index (κ2) is 6.27. The molecule has 4 N–H and O–H groups in total.